The SMILES string of the molecule is Nc1nccc(Oc2ccc(NC(=O)c3cccn(-c4ccc(F)cc4)c3=O)cc2F)c1/C=C/C(=O)N1CCOCC1. The fraction of sp³-hybridized carbons (Fsp3) is 0.133. The quantitative estimate of drug-likeness (QED) is 0.320. The summed E-state index contributed by atoms with van der Waals surface area (Å²) in [6.07, 6.45) is 5.64. The van der Waals surface area contributed by atoms with E-state index in [0.29, 0.717) is 32.0 Å². The molecule has 2 aromatic carbocycles. The molecule has 1 fully saturated rings. The van der Waals surface area contributed by atoms with Crippen molar-refractivity contribution in [2.75, 3.05) is 37.4 Å². The van der Waals surface area contributed by atoms with Crippen LogP contribution < -0.4 is 21.3 Å². The van der Waals surface area contributed by atoms with Gasteiger partial charge in [0.1, 0.15) is 22.9 Å². The Labute approximate surface area is 238 Å². The lowest BCUT2D eigenvalue weighted by Crippen LogP contribution is -2.39. The number of rotatable bonds is 7. The number of ether oxygens (including phenoxy) is 2. The van der Waals surface area contributed by atoms with Gasteiger partial charge in [-0.15, -0.1) is 0 Å². The van der Waals surface area contributed by atoms with Crippen LogP contribution in [0.15, 0.2) is 83.9 Å². The number of halogens is 2. The number of benzene rings is 2. The maximum Gasteiger partial charge on any atom is 0.267 e. The van der Waals surface area contributed by atoms with Crippen LogP contribution in [0, 0.1) is 11.6 Å². The topological polar surface area (TPSA) is 129 Å². The third-order valence-electron chi connectivity index (χ3n) is 6.40. The van der Waals surface area contributed by atoms with Crippen LogP contribution in [0.4, 0.5) is 20.3 Å². The fourth-order valence-corrected chi connectivity index (χ4v) is 4.22. The predicted molar refractivity (Wildman–Crippen MR) is 152 cm³/mol. The lowest BCUT2D eigenvalue weighted by atomic mass is 10.2. The second-order valence-corrected chi connectivity index (χ2v) is 9.15. The lowest BCUT2D eigenvalue weighted by molar-refractivity contribution is -0.129. The van der Waals surface area contributed by atoms with Gasteiger partial charge in [0.2, 0.25) is 5.91 Å². The summed E-state index contributed by atoms with van der Waals surface area (Å²) >= 11 is 0. The van der Waals surface area contributed by atoms with Crippen LogP contribution >= 0.6 is 0 Å². The molecular weight excluding hydrogens is 548 g/mol. The minimum absolute atomic E-state index is 0.0758. The molecule has 0 aliphatic carbocycles. The minimum atomic E-state index is -0.806. The number of amides is 2. The number of carbonyl (C=O) groups is 2. The number of carbonyl (C=O) groups excluding carboxylic acids is 2. The van der Waals surface area contributed by atoms with Gasteiger partial charge < -0.3 is 25.4 Å². The molecule has 1 saturated heterocycles. The van der Waals surface area contributed by atoms with E-state index in [2.05, 4.69) is 10.3 Å². The van der Waals surface area contributed by atoms with Gasteiger partial charge in [0, 0.05) is 49.0 Å². The predicted octanol–water partition coefficient (Wildman–Crippen LogP) is 4.01. The van der Waals surface area contributed by atoms with Gasteiger partial charge >= 0.3 is 0 Å². The summed E-state index contributed by atoms with van der Waals surface area (Å²) in [6.45, 7) is 1.85. The second-order valence-electron chi connectivity index (χ2n) is 9.15. The Hall–Kier alpha value is -5.36. The zero-order valence-electron chi connectivity index (χ0n) is 22.1. The summed E-state index contributed by atoms with van der Waals surface area (Å²) in [5.74, 6) is -2.20. The number of nitrogens with zero attached hydrogens (tertiary/aromatic N) is 3. The van der Waals surface area contributed by atoms with Gasteiger partial charge in [-0.3, -0.25) is 19.0 Å². The normalized spacial score (nSPS) is 13.2. The number of nitrogens with two attached hydrogens (primary N) is 1. The molecule has 3 heterocycles. The fourth-order valence-electron chi connectivity index (χ4n) is 4.22. The highest BCUT2D eigenvalue weighted by atomic mass is 19.1. The van der Waals surface area contributed by atoms with Crippen molar-refractivity contribution in [1.82, 2.24) is 14.5 Å². The van der Waals surface area contributed by atoms with Gasteiger partial charge in [0.15, 0.2) is 11.6 Å². The van der Waals surface area contributed by atoms with Crippen molar-refractivity contribution in [3.05, 3.63) is 112 Å². The molecular formula is C30H25F2N5O5. The number of nitrogen functional groups attached to an aromatic ring is 1. The summed E-state index contributed by atoms with van der Waals surface area (Å²) in [6, 6.07) is 13.3. The van der Waals surface area contributed by atoms with E-state index in [0.717, 1.165) is 6.07 Å². The lowest BCUT2D eigenvalue weighted by Gasteiger charge is -2.25. The molecule has 1 aliphatic rings. The van der Waals surface area contributed by atoms with Gasteiger partial charge in [-0.05, 0) is 60.7 Å². The largest absolute Gasteiger partial charge is 0.453 e. The molecule has 10 nitrogen and oxygen atoms in total. The van der Waals surface area contributed by atoms with Crippen LogP contribution in [-0.2, 0) is 9.53 Å². The number of hydrogen-bond acceptors (Lipinski definition) is 7. The highest BCUT2D eigenvalue weighted by Crippen LogP contribution is 2.32. The standard InChI is InChI=1S/C30H25F2N5O5/c31-19-3-6-21(7-4-19)37-13-1-2-23(30(37)40)29(39)35-20-5-9-26(24(32)18-20)42-25-11-12-34-28(33)22(25)8-10-27(38)36-14-16-41-17-15-36/h1-13,18H,14-17H2,(H2,33,34)(H,35,39)/b10-8+. The zero-order valence-corrected chi connectivity index (χ0v) is 22.1. The highest BCUT2D eigenvalue weighted by molar-refractivity contribution is 6.04. The number of nitrogens with one attached hydrogen (secondary N) is 1. The van der Waals surface area contributed by atoms with Crippen molar-refractivity contribution in [3.8, 4) is 17.2 Å². The molecule has 214 valence electrons. The molecule has 0 radical (unpaired) electrons. The van der Waals surface area contributed by atoms with E-state index in [-0.39, 0.29) is 40.0 Å². The van der Waals surface area contributed by atoms with Crippen LogP contribution in [0.25, 0.3) is 11.8 Å². The maximum absolute atomic E-state index is 15.1. The molecule has 42 heavy (non-hydrogen) atoms. The van der Waals surface area contributed by atoms with Crippen LogP contribution in [0.5, 0.6) is 11.5 Å². The molecule has 2 amide bonds. The average molecular weight is 574 g/mol. The molecule has 3 N–H and O–H groups in total. The Morgan fingerprint density at radius 3 is 2.52 bits per heavy atom. The zero-order chi connectivity index (χ0) is 29.6. The Balaban J connectivity index is 1.31. The molecule has 0 saturated carbocycles. The van der Waals surface area contributed by atoms with Crippen molar-refractivity contribution in [2.24, 2.45) is 0 Å². The van der Waals surface area contributed by atoms with E-state index >= 15 is 4.39 Å². The van der Waals surface area contributed by atoms with E-state index in [1.807, 2.05) is 0 Å². The first-order valence-electron chi connectivity index (χ1n) is 12.9. The van der Waals surface area contributed by atoms with E-state index in [1.54, 1.807) is 4.90 Å². The molecule has 0 spiro atoms. The Morgan fingerprint density at radius 1 is 1.02 bits per heavy atom. The van der Waals surface area contributed by atoms with E-state index in [4.69, 9.17) is 15.2 Å². The Bertz CT molecular complexity index is 1720. The van der Waals surface area contributed by atoms with Crippen molar-refractivity contribution in [3.63, 3.8) is 0 Å². The van der Waals surface area contributed by atoms with Crippen molar-refractivity contribution < 1.29 is 27.8 Å². The number of anilines is 2. The van der Waals surface area contributed by atoms with Crippen molar-refractivity contribution in [1.29, 1.82) is 0 Å². The summed E-state index contributed by atoms with van der Waals surface area (Å²) in [5.41, 5.74) is 5.92. The molecule has 5 rings (SSSR count). The van der Waals surface area contributed by atoms with Crippen LogP contribution in [0.1, 0.15) is 15.9 Å². The minimum Gasteiger partial charge on any atom is -0.453 e. The van der Waals surface area contributed by atoms with Gasteiger partial charge in [-0.2, -0.15) is 0 Å². The second kappa shape index (κ2) is 12.4. The first kappa shape index (κ1) is 28.2. The number of morpholine rings is 1. The van der Waals surface area contributed by atoms with Crippen LogP contribution in [0.2, 0.25) is 0 Å². The van der Waals surface area contributed by atoms with Crippen molar-refractivity contribution in [2.45, 2.75) is 0 Å². The third kappa shape index (κ3) is 6.34. The molecule has 1 aliphatic heterocycles. The third-order valence-corrected chi connectivity index (χ3v) is 6.40. The molecule has 12 heteroatoms. The average Bonchev–Trinajstić information content (AvgIpc) is 2.99. The number of hydrogen-bond donors (Lipinski definition) is 2. The summed E-state index contributed by atoms with van der Waals surface area (Å²) in [4.78, 5) is 44.0. The van der Waals surface area contributed by atoms with Gasteiger partial charge in [0.05, 0.1) is 18.8 Å². The van der Waals surface area contributed by atoms with E-state index < -0.39 is 23.1 Å². The summed E-state index contributed by atoms with van der Waals surface area (Å²) in [5, 5.41) is 2.50. The molecule has 4 aromatic rings. The van der Waals surface area contributed by atoms with E-state index in [9.17, 15) is 18.8 Å². The van der Waals surface area contributed by atoms with Gasteiger partial charge in [-0.25, -0.2) is 13.8 Å². The molecule has 2 aromatic heterocycles. The van der Waals surface area contributed by atoms with E-state index in [1.165, 1.54) is 83.7 Å². The molecule has 0 unspecified atom stereocenters. The van der Waals surface area contributed by atoms with Crippen LogP contribution in [0.3, 0.4) is 0 Å². The Kier molecular flexibility index (Phi) is 8.34. The first-order valence-corrected chi connectivity index (χ1v) is 12.9. The highest BCUT2D eigenvalue weighted by Gasteiger charge is 2.17. The summed E-state index contributed by atoms with van der Waals surface area (Å²) < 4.78 is 40.6. The Morgan fingerprint density at radius 2 is 1.79 bits per heavy atom. The smallest absolute Gasteiger partial charge is 0.267 e. The van der Waals surface area contributed by atoms with Gasteiger partial charge in [0.25, 0.3) is 11.5 Å². The molecule has 0 atom stereocenters. The maximum atomic E-state index is 15.1. The number of aromatic nitrogens is 2. The van der Waals surface area contributed by atoms with Crippen molar-refractivity contribution >= 4 is 29.4 Å². The monoisotopic (exact) mass is 573 g/mol. The summed E-state index contributed by atoms with van der Waals surface area (Å²) in [7, 11) is 0. The molecule has 0 bridgehead atoms. The number of pyridine rings is 2. The first-order chi connectivity index (χ1) is 20.3. The van der Waals surface area contributed by atoms with Crippen LogP contribution in [-0.4, -0.2) is 52.6 Å². The van der Waals surface area contributed by atoms with Gasteiger partial charge in [-0.1, -0.05) is 0 Å².